The lowest BCUT2D eigenvalue weighted by Gasteiger charge is -1.99. The van der Waals surface area contributed by atoms with Gasteiger partial charge in [-0.1, -0.05) is 6.07 Å². The van der Waals surface area contributed by atoms with Crippen molar-refractivity contribution in [3.05, 3.63) is 117 Å². The molecule has 0 amide bonds. The van der Waals surface area contributed by atoms with Crippen LogP contribution in [0.25, 0.3) is 0 Å². The first-order chi connectivity index (χ1) is 17.3. The zero-order chi connectivity index (χ0) is 28.3. The predicted octanol–water partition coefficient (Wildman–Crippen LogP) is 0.984. The van der Waals surface area contributed by atoms with Crippen molar-refractivity contribution in [1.82, 2.24) is 9.13 Å². The fraction of sp³-hybridized carbons (Fsp3) is 0.379. The van der Waals surface area contributed by atoms with Crippen molar-refractivity contribution >= 4 is 0 Å². The Labute approximate surface area is 221 Å². The maximum absolute atomic E-state index is 11.3. The summed E-state index contributed by atoms with van der Waals surface area (Å²) < 4.78 is 10.5. The lowest BCUT2D eigenvalue weighted by molar-refractivity contribution is -0.697. The summed E-state index contributed by atoms with van der Waals surface area (Å²) in [5.41, 5.74) is 5.59. The molecule has 0 N–H and O–H groups in total. The smallest absolute Gasteiger partial charge is 0.208 e. The van der Waals surface area contributed by atoms with Crippen molar-refractivity contribution in [2.45, 2.75) is 34.6 Å². The Balaban J connectivity index is 0.000000249. The Morgan fingerprint density at radius 2 is 1.16 bits per heavy atom. The standard InChI is InChI=1S/C8H13N2O.C7H11N2O.2C7H10N/c1-6-5-7(2)10(4)8(11)9(6)3;1-6-4-5-8(2)7(10)9(6)3;1-7-3-5-8(2)6-4-7;1-7-5-3-4-6-8(7)2/h5H,1-4H3;4-5H,1-3H3;2*3-6H,1-2H3/q4*+1. The number of hydrogen-bond acceptors (Lipinski definition) is 2. The Hall–Kier alpha value is -3.94. The van der Waals surface area contributed by atoms with E-state index in [4.69, 9.17) is 0 Å². The molecule has 0 bridgehead atoms. The third kappa shape index (κ3) is 9.91. The number of aromatic nitrogens is 6. The molecule has 0 atom stereocenters. The van der Waals surface area contributed by atoms with Crippen LogP contribution in [-0.2, 0) is 42.3 Å². The normalized spacial score (nSPS) is 9.70. The van der Waals surface area contributed by atoms with Crippen molar-refractivity contribution in [2.75, 3.05) is 0 Å². The van der Waals surface area contributed by atoms with E-state index < -0.39 is 0 Å². The van der Waals surface area contributed by atoms with Crippen LogP contribution in [0.3, 0.4) is 0 Å². The van der Waals surface area contributed by atoms with E-state index in [-0.39, 0.29) is 11.4 Å². The molecule has 0 radical (unpaired) electrons. The van der Waals surface area contributed by atoms with E-state index in [0.717, 1.165) is 17.1 Å². The van der Waals surface area contributed by atoms with Crippen LogP contribution < -0.4 is 29.6 Å². The van der Waals surface area contributed by atoms with Crippen LogP contribution >= 0.6 is 0 Å². The third-order valence-corrected chi connectivity index (χ3v) is 6.17. The fourth-order valence-electron chi connectivity index (χ4n) is 2.99. The van der Waals surface area contributed by atoms with Crippen LogP contribution in [0.1, 0.15) is 28.3 Å². The molecule has 37 heavy (non-hydrogen) atoms. The van der Waals surface area contributed by atoms with Gasteiger partial charge in [-0.2, -0.15) is 23.3 Å². The van der Waals surface area contributed by atoms with E-state index in [9.17, 15) is 9.59 Å². The molecule has 4 aromatic heterocycles. The largest absolute Gasteiger partial charge is 0.497 e. The molecule has 4 heterocycles. The molecule has 4 rings (SSSR count). The Kier molecular flexibility index (Phi) is 12.3. The van der Waals surface area contributed by atoms with Gasteiger partial charge in [0, 0.05) is 43.3 Å². The van der Waals surface area contributed by atoms with Gasteiger partial charge in [0.1, 0.15) is 31.2 Å². The van der Waals surface area contributed by atoms with E-state index in [1.54, 1.807) is 52.7 Å². The molecule has 0 saturated carbocycles. The Bertz CT molecular complexity index is 1350. The molecular formula is C29H44N6O2+4. The van der Waals surface area contributed by atoms with Crippen molar-refractivity contribution in [2.24, 2.45) is 42.3 Å². The van der Waals surface area contributed by atoms with Crippen LogP contribution in [0.4, 0.5) is 0 Å². The van der Waals surface area contributed by atoms with Gasteiger partial charge in [-0.05, 0) is 33.3 Å². The topological polar surface area (TPSA) is 59.5 Å². The minimum atomic E-state index is 0.0139. The number of nitrogens with zero attached hydrogens (tertiary/aromatic N) is 6. The minimum absolute atomic E-state index is 0.0139. The molecule has 8 nitrogen and oxygen atoms in total. The molecule has 0 aliphatic rings. The summed E-state index contributed by atoms with van der Waals surface area (Å²) in [5, 5.41) is 0. The SMILES string of the molecule is Cc1cc(C)[n+](C)c(=O)n1C.Cc1cc[n+](C)c(=O)n1C.Cc1cc[n+](C)cc1.Cc1cccc[n+]1C. The second-order valence-corrected chi connectivity index (χ2v) is 9.23. The van der Waals surface area contributed by atoms with Crippen molar-refractivity contribution in [1.29, 1.82) is 0 Å². The third-order valence-electron chi connectivity index (χ3n) is 6.17. The lowest BCUT2D eigenvalue weighted by Crippen LogP contribution is -2.53. The summed E-state index contributed by atoms with van der Waals surface area (Å²) in [6.07, 6.45) is 7.87. The first-order valence-electron chi connectivity index (χ1n) is 12.1. The van der Waals surface area contributed by atoms with Crippen LogP contribution in [-0.4, -0.2) is 9.13 Å². The van der Waals surface area contributed by atoms with Crippen molar-refractivity contribution < 1.29 is 18.3 Å². The maximum atomic E-state index is 11.3. The summed E-state index contributed by atoms with van der Waals surface area (Å²) in [7, 11) is 11.1. The summed E-state index contributed by atoms with van der Waals surface area (Å²) in [6.45, 7) is 9.92. The summed E-state index contributed by atoms with van der Waals surface area (Å²) >= 11 is 0. The predicted molar refractivity (Wildman–Crippen MR) is 145 cm³/mol. The summed E-state index contributed by atoms with van der Waals surface area (Å²) in [5.74, 6) is 0. The molecule has 0 spiro atoms. The molecule has 4 aromatic rings. The average molecular weight is 509 g/mol. The van der Waals surface area contributed by atoms with E-state index in [0.29, 0.717) is 0 Å². The highest BCUT2D eigenvalue weighted by atomic mass is 16.2. The highest BCUT2D eigenvalue weighted by Gasteiger charge is 2.09. The van der Waals surface area contributed by atoms with Gasteiger partial charge in [0.15, 0.2) is 24.3 Å². The molecule has 198 valence electrons. The molecule has 0 unspecified atom stereocenters. The number of hydrogen-bond donors (Lipinski definition) is 0. The molecule has 0 aromatic carbocycles. The van der Waals surface area contributed by atoms with Crippen LogP contribution in [0.2, 0.25) is 0 Å². The second-order valence-electron chi connectivity index (χ2n) is 9.23. The second kappa shape index (κ2) is 14.6. The number of pyridine rings is 2. The molecule has 0 aliphatic carbocycles. The van der Waals surface area contributed by atoms with Gasteiger partial charge in [-0.3, -0.25) is 0 Å². The maximum Gasteiger partial charge on any atom is 0.497 e. The molecular weight excluding hydrogens is 464 g/mol. The van der Waals surface area contributed by atoms with Crippen molar-refractivity contribution in [3.63, 3.8) is 0 Å². The highest BCUT2D eigenvalue weighted by molar-refractivity contribution is 5.03. The monoisotopic (exact) mass is 508 g/mol. The van der Waals surface area contributed by atoms with E-state index in [2.05, 4.69) is 36.6 Å². The molecule has 0 fully saturated rings. The van der Waals surface area contributed by atoms with Crippen LogP contribution in [0, 0.1) is 34.6 Å². The number of aryl methyl sites for hydroxylation is 8. The van der Waals surface area contributed by atoms with Gasteiger partial charge in [0.25, 0.3) is 0 Å². The quantitative estimate of drug-likeness (QED) is 0.333. The lowest BCUT2D eigenvalue weighted by atomic mass is 10.3. The highest BCUT2D eigenvalue weighted by Crippen LogP contribution is 1.91. The molecule has 0 aliphatic heterocycles. The fourth-order valence-corrected chi connectivity index (χ4v) is 2.99. The minimum Gasteiger partial charge on any atom is -0.208 e. The molecule has 8 heteroatoms. The van der Waals surface area contributed by atoms with Gasteiger partial charge in [-0.25, -0.2) is 13.7 Å². The summed E-state index contributed by atoms with van der Waals surface area (Å²) in [6, 6.07) is 14.2. The summed E-state index contributed by atoms with van der Waals surface area (Å²) in [4.78, 5) is 22.5. The molecule has 0 saturated heterocycles. The Morgan fingerprint density at radius 1 is 0.595 bits per heavy atom. The van der Waals surface area contributed by atoms with Gasteiger partial charge in [-0.15, -0.1) is 0 Å². The van der Waals surface area contributed by atoms with Crippen LogP contribution in [0.15, 0.2) is 76.8 Å². The Morgan fingerprint density at radius 3 is 1.62 bits per heavy atom. The first kappa shape index (κ1) is 31.1. The average Bonchev–Trinajstić information content (AvgIpc) is 2.87. The zero-order valence-electron chi connectivity index (χ0n) is 24.4. The first-order valence-corrected chi connectivity index (χ1v) is 12.1. The van der Waals surface area contributed by atoms with Gasteiger partial charge in [0.2, 0.25) is 0 Å². The zero-order valence-corrected chi connectivity index (χ0v) is 24.4. The van der Waals surface area contributed by atoms with Crippen LogP contribution in [0.5, 0.6) is 0 Å². The van der Waals surface area contributed by atoms with Gasteiger partial charge >= 0.3 is 11.4 Å². The van der Waals surface area contributed by atoms with Gasteiger partial charge < -0.3 is 0 Å². The van der Waals surface area contributed by atoms with Gasteiger partial charge in [0.05, 0.1) is 34.4 Å². The number of rotatable bonds is 0. The van der Waals surface area contributed by atoms with E-state index in [1.165, 1.54) is 11.3 Å². The van der Waals surface area contributed by atoms with E-state index in [1.807, 2.05) is 82.3 Å². The van der Waals surface area contributed by atoms with E-state index >= 15 is 0 Å². The van der Waals surface area contributed by atoms with Crippen molar-refractivity contribution in [3.8, 4) is 0 Å².